The van der Waals surface area contributed by atoms with Crippen LogP contribution in [0.3, 0.4) is 0 Å². The van der Waals surface area contributed by atoms with Crippen molar-refractivity contribution in [3.8, 4) is 0 Å². The summed E-state index contributed by atoms with van der Waals surface area (Å²) in [5.41, 5.74) is 0.963. The zero-order valence-electron chi connectivity index (χ0n) is 14.7. The number of hydrogen-bond acceptors (Lipinski definition) is 7. The summed E-state index contributed by atoms with van der Waals surface area (Å²) in [6.45, 7) is 6.52. The van der Waals surface area contributed by atoms with E-state index in [1.807, 2.05) is 0 Å². The van der Waals surface area contributed by atoms with Crippen LogP contribution in [0.25, 0.3) is 0 Å². The van der Waals surface area contributed by atoms with Crippen LogP contribution >= 0.6 is 0 Å². The number of nitrogens with zero attached hydrogens (tertiary/aromatic N) is 4. The Kier molecular flexibility index (Phi) is 5.63. The number of piperidine rings is 1. The molecule has 1 saturated heterocycles. The van der Waals surface area contributed by atoms with Crippen LogP contribution in [0, 0.1) is 0 Å². The second-order valence-corrected chi connectivity index (χ2v) is 6.61. The molecule has 2 aromatic rings. The van der Waals surface area contributed by atoms with Gasteiger partial charge in [-0.05, 0) is 19.4 Å². The fourth-order valence-electron chi connectivity index (χ4n) is 3.03. The first-order chi connectivity index (χ1) is 11.7. The minimum atomic E-state index is 0.154. The SMILES string of the molecule is COCCc1noc([C@@H]2CCCCN2Cc2coc(C(C)C)n2)n1. The van der Waals surface area contributed by atoms with E-state index in [0.717, 1.165) is 31.1 Å². The Balaban J connectivity index is 1.69. The average Bonchev–Trinajstić information content (AvgIpc) is 3.23. The number of rotatable bonds is 7. The van der Waals surface area contributed by atoms with Gasteiger partial charge in [0.25, 0.3) is 0 Å². The molecule has 3 heterocycles. The molecule has 0 amide bonds. The molecule has 0 aromatic carbocycles. The maximum atomic E-state index is 5.55. The zero-order valence-corrected chi connectivity index (χ0v) is 14.7. The van der Waals surface area contributed by atoms with Crippen LogP contribution in [0.1, 0.15) is 68.4 Å². The molecule has 7 heteroatoms. The molecule has 132 valence electrons. The Morgan fingerprint density at radius 1 is 1.33 bits per heavy atom. The topological polar surface area (TPSA) is 77.4 Å². The normalized spacial score (nSPS) is 19.2. The largest absolute Gasteiger partial charge is 0.448 e. The van der Waals surface area contributed by atoms with Crippen molar-refractivity contribution in [3.05, 3.63) is 29.6 Å². The van der Waals surface area contributed by atoms with Gasteiger partial charge >= 0.3 is 0 Å². The minimum Gasteiger partial charge on any atom is -0.448 e. The maximum Gasteiger partial charge on any atom is 0.244 e. The molecule has 0 bridgehead atoms. The predicted molar refractivity (Wildman–Crippen MR) is 87.5 cm³/mol. The highest BCUT2D eigenvalue weighted by Crippen LogP contribution is 2.31. The zero-order chi connectivity index (χ0) is 16.9. The molecule has 0 unspecified atom stereocenters. The molecule has 24 heavy (non-hydrogen) atoms. The van der Waals surface area contributed by atoms with E-state index in [-0.39, 0.29) is 6.04 Å². The van der Waals surface area contributed by atoms with Crippen LogP contribution in [0.5, 0.6) is 0 Å². The molecule has 0 spiro atoms. The number of hydrogen-bond donors (Lipinski definition) is 0. The van der Waals surface area contributed by atoms with Crippen LogP contribution in [0.2, 0.25) is 0 Å². The Hall–Kier alpha value is -1.73. The molecular formula is C17H26N4O3. The smallest absolute Gasteiger partial charge is 0.244 e. The van der Waals surface area contributed by atoms with Gasteiger partial charge in [-0.25, -0.2) is 4.98 Å². The lowest BCUT2D eigenvalue weighted by Gasteiger charge is -2.32. The van der Waals surface area contributed by atoms with Crippen LogP contribution in [0.15, 0.2) is 15.2 Å². The summed E-state index contributed by atoms with van der Waals surface area (Å²) in [5, 5.41) is 4.07. The molecule has 1 aliphatic heterocycles. The third-order valence-electron chi connectivity index (χ3n) is 4.34. The fraction of sp³-hybridized carbons (Fsp3) is 0.706. The molecule has 0 saturated carbocycles. The highest BCUT2D eigenvalue weighted by molar-refractivity contribution is 5.02. The maximum absolute atomic E-state index is 5.55. The van der Waals surface area contributed by atoms with E-state index in [2.05, 4.69) is 33.9 Å². The van der Waals surface area contributed by atoms with Crippen molar-refractivity contribution in [2.75, 3.05) is 20.3 Å². The summed E-state index contributed by atoms with van der Waals surface area (Å²) in [6.07, 6.45) is 5.82. The van der Waals surface area contributed by atoms with Gasteiger partial charge in [0.05, 0.1) is 18.3 Å². The number of likely N-dealkylation sites (tertiary alicyclic amines) is 1. The van der Waals surface area contributed by atoms with Gasteiger partial charge in [-0.1, -0.05) is 25.4 Å². The second kappa shape index (κ2) is 7.90. The van der Waals surface area contributed by atoms with Crippen molar-refractivity contribution in [2.24, 2.45) is 0 Å². The number of methoxy groups -OCH3 is 1. The minimum absolute atomic E-state index is 0.154. The molecule has 0 radical (unpaired) electrons. The number of ether oxygens (including phenoxy) is 1. The highest BCUT2D eigenvalue weighted by Gasteiger charge is 2.29. The summed E-state index contributed by atoms with van der Waals surface area (Å²) in [6, 6.07) is 0.154. The van der Waals surface area contributed by atoms with Gasteiger partial charge in [-0.3, -0.25) is 4.90 Å². The van der Waals surface area contributed by atoms with E-state index < -0.39 is 0 Å². The molecule has 1 fully saturated rings. The Morgan fingerprint density at radius 2 is 2.21 bits per heavy atom. The van der Waals surface area contributed by atoms with Gasteiger partial charge in [0, 0.05) is 26.0 Å². The summed E-state index contributed by atoms with van der Waals surface area (Å²) in [4.78, 5) is 11.5. The van der Waals surface area contributed by atoms with Gasteiger partial charge in [0.2, 0.25) is 5.89 Å². The quantitative estimate of drug-likeness (QED) is 0.770. The molecule has 1 aliphatic rings. The van der Waals surface area contributed by atoms with Crippen molar-refractivity contribution in [1.82, 2.24) is 20.0 Å². The first-order valence-electron chi connectivity index (χ1n) is 8.67. The third-order valence-corrected chi connectivity index (χ3v) is 4.34. The Bertz CT molecular complexity index is 637. The lowest BCUT2D eigenvalue weighted by Crippen LogP contribution is -2.33. The second-order valence-electron chi connectivity index (χ2n) is 6.61. The standard InChI is InChI=1S/C17H26N4O3/c1-12(2)16-18-13(11-23-16)10-21-8-5-4-6-14(21)17-19-15(20-24-17)7-9-22-3/h11-12,14H,4-10H2,1-3H3/t14-/m0/s1. The molecule has 0 N–H and O–H groups in total. The van der Waals surface area contributed by atoms with Crippen LogP contribution in [-0.2, 0) is 17.7 Å². The molecule has 1 atom stereocenters. The molecule has 3 rings (SSSR count). The van der Waals surface area contributed by atoms with E-state index in [1.165, 1.54) is 12.8 Å². The first-order valence-corrected chi connectivity index (χ1v) is 8.67. The van der Waals surface area contributed by atoms with Crippen LogP contribution in [-0.4, -0.2) is 40.3 Å². The van der Waals surface area contributed by atoms with Crippen LogP contribution < -0.4 is 0 Å². The first kappa shape index (κ1) is 17.1. The van der Waals surface area contributed by atoms with Gasteiger partial charge in [-0.15, -0.1) is 0 Å². The summed E-state index contributed by atoms with van der Waals surface area (Å²) >= 11 is 0. The van der Waals surface area contributed by atoms with Crippen molar-refractivity contribution >= 4 is 0 Å². The average molecular weight is 334 g/mol. The van der Waals surface area contributed by atoms with Crippen LogP contribution in [0.4, 0.5) is 0 Å². The van der Waals surface area contributed by atoms with E-state index in [0.29, 0.717) is 30.7 Å². The van der Waals surface area contributed by atoms with E-state index >= 15 is 0 Å². The number of aromatic nitrogens is 3. The van der Waals surface area contributed by atoms with Gasteiger partial charge in [0.1, 0.15) is 6.26 Å². The van der Waals surface area contributed by atoms with Crippen molar-refractivity contribution in [2.45, 2.75) is 58.0 Å². The summed E-state index contributed by atoms with van der Waals surface area (Å²) in [5.74, 6) is 2.50. The molecule has 2 aromatic heterocycles. The predicted octanol–water partition coefficient (Wildman–Crippen LogP) is 3.10. The van der Waals surface area contributed by atoms with Crippen molar-refractivity contribution in [1.29, 1.82) is 0 Å². The van der Waals surface area contributed by atoms with E-state index in [9.17, 15) is 0 Å². The van der Waals surface area contributed by atoms with Gasteiger partial charge in [0.15, 0.2) is 11.7 Å². The monoisotopic (exact) mass is 334 g/mol. The van der Waals surface area contributed by atoms with E-state index in [1.54, 1.807) is 13.4 Å². The molecule has 7 nitrogen and oxygen atoms in total. The molecule has 0 aliphatic carbocycles. The fourth-order valence-corrected chi connectivity index (χ4v) is 3.03. The third kappa shape index (κ3) is 4.02. The lowest BCUT2D eigenvalue weighted by atomic mass is 10.0. The van der Waals surface area contributed by atoms with Crippen molar-refractivity contribution in [3.63, 3.8) is 0 Å². The van der Waals surface area contributed by atoms with Gasteiger partial charge < -0.3 is 13.7 Å². The van der Waals surface area contributed by atoms with Crippen molar-refractivity contribution < 1.29 is 13.7 Å². The number of oxazole rings is 1. The summed E-state index contributed by atoms with van der Waals surface area (Å²) in [7, 11) is 1.67. The van der Waals surface area contributed by atoms with E-state index in [4.69, 9.17) is 13.7 Å². The Morgan fingerprint density at radius 3 is 2.96 bits per heavy atom. The summed E-state index contributed by atoms with van der Waals surface area (Å²) < 4.78 is 16.1. The lowest BCUT2D eigenvalue weighted by molar-refractivity contribution is 0.110. The van der Waals surface area contributed by atoms with Gasteiger partial charge in [-0.2, -0.15) is 4.98 Å². The highest BCUT2D eigenvalue weighted by atomic mass is 16.5. The molecular weight excluding hydrogens is 308 g/mol. The Labute approximate surface area is 142 Å².